The van der Waals surface area contributed by atoms with Gasteiger partial charge in [0.15, 0.2) is 5.65 Å². The van der Waals surface area contributed by atoms with Crippen molar-refractivity contribution in [2.75, 3.05) is 57.7 Å². The van der Waals surface area contributed by atoms with Gasteiger partial charge in [-0.3, -0.25) is 14.0 Å². The van der Waals surface area contributed by atoms with Crippen LogP contribution in [0.1, 0.15) is 49.9 Å². The van der Waals surface area contributed by atoms with Crippen LogP contribution in [0.4, 0.5) is 5.82 Å². The van der Waals surface area contributed by atoms with Crippen molar-refractivity contribution in [3.63, 3.8) is 0 Å². The van der Waals surface area contributed by atoms with E-state index in [1.165, 1.54) is 37.0 Å². The van der Waals surface area contributed by atoms with Crippen LogP contribution in [0.15, 0.2) is 41.2 Å². The highest BCUT2D eigenvalue weighted by molar-refractivity contribution is 7.24. The van der Waals surface area contributed by atoms with Gasteiger partial charge in [0.05, 0.1) is 15.6 Å². The fourth-order valence-electron chi connectivity index (χ4n) is 5.46. The third-order valence-electron chi connectivity index (χ3n) is 7.36. The van der Waals surface area contributed by atoms with E-state index in [0.29, 0.717) is 22.4 Å². The maximum Gasteiger partial charge on any atom is 0.258 e. The number of benzene rings is 1. The molecule has 5 heterocycles. The number of amides is 1. The number of para-hydroxylation sites is 1. The quantitative estimate of drug-likeness (QED) is 0.348. The highest BCUT2D eigenvalue weighted by atomic mass is 32.1. The first-order chi connectivity index (χ1) is 18.7. The fourth-order valence-corrected chi connectivity index (χ4v) is 6.64. The standard InChI is InChI=1S/C27H32N6O2S.C2H6/c34-24-19-9-10-22(28-11-17-31-13-3-4-14-31)30-25(19)33-20-7-1-2-8-21(20)36-27(33)23(24)26(35)29-12-18-32-15-5-6-16-32;1-2/h1-2,7-10H,3-6,11-18H2,(H,28,30)(H,29,35);1-2H3. The van der Waals surface area contributed by atoms with Crippen molar-refractivity contribution < 1.29 is 4.79 Å². The summed E-state index contributed by atoms with van der Waals surface area (Å²) in [6.45, 7) is 11.6. The van der Waals surface area contributed by atoms with E-state index in [2.05, 4.69) is 20.4 Å². The molecule has 8 nitrogen and oxygen atoms in total. The number of carbonyl (C=O) groups is 1. The molecule has 2 aliphatic heterocycles. The molecule has 3 aromatic heterocycles. The average molecular weight is 535 g/mol. The Hall–Kier alpha value is -3.01. The van der Waals surface area contributed by atoms with E-state index in [1.54, 1.807) is 0 Å². The summed E-state index contributed by atoms with van der Waals surface area (Å²) in [4.78, 5) is 37.3. The van der Waals surface area contributed by atoms with E-state index in [0.717, 1.165) is 61.8 Å². The van der Waals surface area contributed by atoms with Gasteiger partial charge in [0.2, 0.25) is 5.43 Å². The minimum atomic E-state index is -0.307. The molecular formula is C29H38N6O2S. The van der Waals surface area contributed by atoms with Crippen LogP contribution in [-0.2, 0) is 0 Å². The lowest BCUT2D eigenvalue weighted by molar-refractivity contribution is 0.0950. The number of rotatable bonds is 8. The van der Waals surface area contributed by atoms with Gasteiger partial charge in [0.1, 0.15) is 16.2 Å². The zero-order valence-corrected chi connectivity index (χ0v) is 23.3. The van der Waals surface area contributed by atoms with Gasteiger partial charge in [-0.25, -0.2) is 4.98 Å². The molecule has 1 aromatic carbocycles. The number of aromatic nitrogens is 2. The van der Waals surface area contributed by atoms with Gasteiger partial charge in [-0.05, 0) is 76.1 Å². The van der Waals surface area contributed by atoms with Crippen molar-refractivity contribution in [3.05, 3.63) is 52.2 Å². The molecule has 0 bridgehead atoms. The lowest BCUT2D eigenvalue weighted by atomic mass is 10.1. The molecule has 6 rings (SSSR count). The van der Waals surface area contributed by atoms with Crippen LogP contribution in [-0.4, -0.2) is 77.4 Å². The van der Waals surface area contributed by atoms with Crippen LogP contribution in [0.5, 0.6) is 0 Å². The lowest BCUT2D eigenvalue weighted by Gasteiger charge is -2.16. The van der Waals surface area contributed by atoms with Crippen LogP contribution >= 0.6 is 11.3 Å². The number of anilines is 1. The van der Waals surface area contributed by atoms with Gasteiger partial charge in [-0.2, -0.15) is 0 Å². The van der Waals surface area contributed by atoms with Gasteiger partial charge in [-0.15, -0.1) is 11.3 Å². The van der Waals surface area contributed by atoms with Gasteiger partial charge >= 0.3 is 0 Å². The minimum absolute atomic E-state index is 0.210. The average Bonchev–Trinajstić information content (AvgIpc) is 3.71. The van der Waals surface area contributed by atoms with E-state index < -0.39 is 0 Å². The first kappa shape index (κ1) is 26.6. The Morgan fingerprint density at radius 2 is 1.58 bits per heavy atom. The van der Waals surface area contributed by atoms with Crippen LogP contribution in [0.25, 0.3) is 26.1 Å². The van der Waals surface area contributed by atoms with Crippen molar-refractivity contribution in [1.82, 2.24) is 24.5 Å². The molecule has 0 spiro atoms. The highest BCUT2D eigenvalue weighted by Crippen LogP contribution is 2.31. The Balaban J connectivity index is 0.00000144. The molecule has 1 amide bonds. The smallest absolute Gasteiger partial charge is 0.258 e. The predicted molar refractivity (Wildman–Crippen MR) is 158 cm³/mol. The third kappa shape index (κ3) is 5.41. The van der Waals surface area contributed by atoms with Crippen LogP contribution in [0, 0.1) is 0 Å². The molecule has 202 valence electrons. The van der Waals surface area contributed by atoms with E-state index in [9.17, 15) is 9.59 Å². The monoisotopic (exact) mass is 534 g/mol. The number of pyridine rings is 2. The van der Waals surface area contributed by atoms with E-state index in [1.807, 2.05) is 54.6 Å². The summed E-state index contributed by atoms with van der Waals surface area (Å²) in [6, 6.07) is 11.7. The number of fused-ring (bicyclic) bond motifs is 5. The maximum absolute atomic E-state index is 13.6. The van der Waals surface area contributed by atoms with Crippen LogP contribution in [0.2, 0.25) is 0 Å². The normalized spacial score (nSPS) is 16.3. The molecule has 0 radical (unpaired) electrons. The molecule has 2 saturated heterocycles. The summed E-state index contributed by atoms with van der Waals surface area (Å²) >= 11 is 1.47. The fraction of sp³-hybridized carbons (Fsp3) is 0.483. The van der Waals surface area contributed by atoms with E-state index in [-0.39, 0.29) is 16.9 Å². The molecule has 0 unspecified atom stereocenters. The molecule has 38 heavy (non-hydrogen) atoms. The Labute approximate surface area is 227 Å². The summed E-state index contributed by atoms with van der Waals surface area (Å²) in [5, 5.41) is 6.90. The first-order valence-corrected chi connectivity index (χ1v) is 14.8. The first-order valence-electron chi connectivity index (χ1n) is 14.0. The number of hydrogen-bond acceptors (Lipinski definition) is 7. The number of thiazole rings is 1. The number of carbonyl (C=O) groups excluding carboxylic acids is 1. The molecule has 0 atom stereocenters. The Kier molecular flexibility index (Phi) is 8.56. The van der Waals surface area contributed by atoms with E-state index in [4.69, 9.17) is 4.98 Å². The van der Waals surface area contributed by atoms with Gasteiger partial charge in [-0.1, -0.05) is 26.0 Å². The molecule has 0 saturated carbocycles. The second kappa shape index (κ2) is 12.2. The molecule has 0 aliphatic carbocycles. The van der Waals surface area contributed by atoms with E-state index >= 15 is 0 Å². The molecule has 2 aliphatic rings. The zero-order chi connectivity index (χ0) is 26.5. The predicted octanol–water partition coefficient (Wildman–Crippen LogP) is 4.42. The molecule has 2 fully saturated rings. The summed E-state index contributed by atoms with van der Waals surface area (Å²) in [5.41, 5.74) is 1.50. The SMILES string of the molecule is CC.O=C(NCCN1CCCC1)c1c(=O)c2ccc(NCCN3CCCC3)nc2n2c1sc1ccccc12. The topological polar surface area (TPSA) is 82.0 Å². The van der Waals surface area contributed by atoms with Gasteiger partial charge in [0, 0.05) is 26.2 Å². The number of likely N-dealkylation sites (tertiary alicyclic amines) is 2. The second-order valence-electron chi connectivity index (χ2n) is 9.76. The summed E-state index contributed by atoms with van der Waals surface area (Å²) in [7, 11) is 0. The van der Waals surface area contributed by atoms with Crippen molar-refractivity contribution in [1.29, 1.82) is 0 Å². The molecule has 9 heteroatoms. The van der Waals surface area contributed by atoms with Crippen molar-refractivity contribution in [3.8, 4) is 0 Å². The summed E-state index contributed by atoms with van der Waals surface area (Å²) in [6.07, 6.45) is 4.97. The highest BCUT2D eigenvalue weighted by Gasteiger charge is 2.23. The largest absolute Gasteiger partial charge is 0.369 e. The van der Waals surface area contributed by atoms with Crippen molar-refractivity contribution >= 4 is 49.1 Å². The summed E-state index contributed by atoms with van der Waals surface area (Å²) in [5.74, 6) is 0.436. The third-order valence-corrected chi connectivity index (χ3v) is 8.51. The summed E-state index contributed by atoms with van der Waals surface area (Å²) < 4.78 is 3.00. The minimum Gasteiger partial charge on any atom is -0.369 e. The van der Waals surface area contributed by atoms with Crippen molar-refractivity contribution in [2.24, 2.45) is 0 Å². The maximum atomic E-state index is 13.6. The molecular weight excluding hydrogens is 496 g/mol. The Morgan fingerprint density at radius 3 is 2.29 bits per heavy atom. The van der Waals surface area contributed by atoms with Crippen molar-refractivity contribution in [2.45, 2.75) is 39.5 Å². The van der Waals surface area contributed by atoms with Crippen LogP contribution in [0.3, 0.4) is 0 Å². The zero-order valence-electron chi connectivity index (χ0n) is 22.5. The van der Waals surface area contributed by atoms with Gasteiger partial charge < -0.3 is 20.4 Å². The number of nitrogens with one attached hydrogen (secondary N) is 2. The number of hydrogen-bond donors (Lipinski definition) is 2. The number of nitrogens with zero attached hydrogens (tertiary/aromatic N) is 4. The lowest BCUT2D eigenvalue weighted by Crippen LogP contribution is -2.35. The van der Waals surface area contributed by atoms with Crippen LogP contribution < -0.4 is 16.1 Å². The Bertz CT molecular complexity index is 1470. The molecule has 4 aromatic rings. The molecule has 2 N–H and O–H groups in total. The van der Waals surface area contributed by atoms with Gasteiger partial charge in [0.25, 0.3) is 5.91 Å². The Morgan fingerprint density at radius 1 is 0.921 bits per heavy atom. The second-order valence-corrected chi connectivity index (χ2v) is 10.8.